The van der Waals surface area contributed by atoms with Gasteiger partial charge in [0.25, 0.3) is 0 Å². The fourth-order valence-corrected chi connectivity index (χ4v) is 2.58. The van der Waals surface area contributed by atoms with E-state index in [9.17, 15) is 0 Å². The van der Waals surface area contributed by atoms with Gasteiger partial charge >= 0.3 is 0 Å². The average Bonchev–Trinajstić information content (AvgIpc) is 2.29. The summed E-state index contributed by atoms with van der Waals surface area (Å²) < 4.78 is 0. The largest absolute Gasteiger partial charge is 0.291 e. The second kappa shape index (κ2) is 4.50. The Kier molecular flexibility index (Phi) is 3.24. The molecular formula is C13H21N3. The van der Waals surface area contributed by atoms with Crippen LogP contribution in [-0.2, 0) is 0 Å². The maximum Gasteiger partial charge on any atom is 0.0544 e. The maximum absolute atomic E-state index is 4.00. The minimum absolute atomic E-state index is 0.231. The molecule has 1 aliphatic rings. The molecule has 0 aliphatic carbocycles. The van der Waals surface area contributed by atoms with Crippen molar-refractivity contribution in [3.8, 4) is 0 Å². The summed E-state index contributed by atoms with van der Waals surface area (Å²) in [4.78, 5) is 2.59. The van der Waals surface area contributed by atoms with E-state index in [2.05, 4.69) is 41.9 Å². The van der Waals surface area contributed by atoms with Crippen LogP contribution in [0.2, 0.25) is 0 Å². The van der Waals surface area contributed by atoms with E-state index in [-0.39, 0.29) is 5.54 Å². The van der Waals surface area contributed by atoms with Crippen molar-refractivity contribution in [1.82, 2.24) is 15.1 Å². The van der Waals surface area contributed by atoms with Crippen molar-refractivity contribution < 1.29 is 0 Å². The summed E-state index contributed by atoms with van der Waals surface area (Å²) in [7, 11) is 0. The zero-order valence-corrected chi connectivity index (χ0v) is 10.5. The van der Waals surface area contributed by atoms with Crippen molar-refractivity contribution in [2.45, 2.75) is 51.6 Å². The first-order valence-electron chi connectivity index (χ1n) is 6.12. The number of hydrogen-bond acceptors (Lipinski definition) is 3. The van der Waals surface area contributed by atoms with Crippen LogP contribution in [0, 0.1) is 0 Å². The van der Waals surface area contributed by atoms with E-state index in [0.717, 1.165) is 0 Å². The molecule has 1 fully saturated rings. The van der Waals surface area contributed by atoms with E-state index in [0.29, 0.717) is 6.04 Å². The van der Waals surface area contributed by atoms with Crippen molar-refractivity contribution in [2.75, 3.05) is 6.54 Å². The number of rotatable bonds is 1. The van der Waals surface area contributed by atoms with E-state index in [1.54, 1.807) is 6.20 Å². The first-order valence-corrected chi connectivity index (χ1v) is 6.12. The van der Waals surface area contributed by atoms with Crippen LogP contribution in [0.4, 0.5) is 0 Å². The van der Waals surface area contributed by atoms with Crippen LogP contribution in [0.15, 0.2) is 18.5 Å². The summed E-state index contributed by atoms with van der Waals surface area (Å²) in [5.74, 6) is 0. The van der Waals surface area contributed by atoms with E-state index in [1.807, 2.05) is 6.20 Å². The maximum atomic E-state index is 4.00. The molecule has 0 bridgehead atoms. The quantitative estimate of drug-likeness (QED) is 0.727. The lowest BCUT2D eigenvalue weighted by atomic mass is 9.91. The average molecular weight is 219 g/mol. The van der Waals surface area contributed by atoms with Gasteiger partial charge in [0, 0.05) is 17.8 Å². The van der Waals surface area contributed by atoms with Crippen molar-refractivity contribution in [3.05, 3.63) is 24.0 Å². The summed E-state index contributed by atoms with van der Waals surface area (Å²) in [6.45, 7) is 8.07. The van der Waals surface area contributed by atoms with Gasteiger partial charge in [-0.05, 0) is 51.8 Å². The topological polar surface area (TPSA) is 29.0 Å². The molecule has 0 spiro atoms. The number of piperidine rings is 1. The minimum atomic E-state index is 0.231. The highest BCUT2D eigenvalue weighted by Crippen LogP contribution is 2.35. The molecule has 1 aromatic rings. The van der Waals surface area contributed by atoms with Crippen molar-refractivity contribution in [3.63, 3.8) is 0 Å². The lowest BCUT2D eigenvalue weighted by molar-refractivity contribution is 0.0507. The molecule has 0 amide bonds. The number of hydrogen-bond donors (Lipinski definition) is 0. The summed E-state index contributed by atoms with van der Waals surface area (Å²) in [6, 6.07) is 2.62. The SMILES string of the molecule is CC(C)(C)N1CCCC[C@@H]1c1ccnnc1. The Hall–Kier alpha value is -0.960. The smallest absolute Gasteiger partial charge is 0.0544 e. The summed E-state index contributed by atoms with van der Waals surface area (Å²) in [5.41, 5.74) is 1.54. The van der Waals surface area contributed by atoms with Crippen LogP contribution in [0.1, 0.15) is 51.6 Å². The Morgan fingerprint density at radius 3 is 2.69 bits per heavy atom. The van der Waals surface area contributed by atoms with Crippen LogP contribution in [0.25, 0.3) is 0 Å². The molecular weight excluding hydrogens is 198 g/mol. The molecule has 1 saturated heterocycles. The monoisotopic (exact) mass is 219 g/mol. The van der Waals surface area contributed by atoms with Gasteiger partial charge in [-0.1, -0.05) is 6.42 Å². The van der Waals surface area contributed by atoms with Crippen LogP contribution in [0.5, 0.6) is 0 Å². The van der Waals surface area contributed by atoms with E-state index in [4.69, 9.17) is 0 Å². The molecule has 0 aromatic carbocycles. The van der Waals surface area contributed by atoms with E-state index in [1.165, 1.54) is 31.4 Å². The lowest BCUT2D eigenvalue weighted by Gasteiger charge is -2.44. The van der Waals surface area contributed by atoms with Gasteiger partial charge in [-0.15, -0.1) is 0 Å². The highest BCUT2D eigenvalue weighted by atomic mass is 15.2. The van der Waals surface area contributed by atoms with Gasteiger partial charge in [0.15, 0.2) is 0 Å². The Balaban J connectivity index is 2.24. The standard InChI is InChI=1S/C13H21N3/c1-13(2,3)16-9-5-4-6-12(16)11-7-8-14-15-10-11/h7-8,10,12H,4-6,9H2,1-3H3/t12-/m1/s1. The van der Waals surface area contributed by atoms with E-state index < -0.39 is 0 Å². The molecule has 88 valence electrons. The third-order valence-corrected chi connectivity index (χ3v) is 3.36. The van der Waals surface area contributed by atoms with Crippen LogP contribution >= 0.6 is 0 Å². The van der Waals surface area contributed by atoms with Crippen LogP contribution in [-0.4, -0.2) is 27.2 Å². The fraction of sp³-hybridized carbons (Fsp3) is 0.692. The fourth-order valence-electron chi connectivity index (χ4n) is 2.58. The first-order chi connectivity index (χ1) is 7.59. The first kappa shape index (κ1) is 11.5. The molecule has 1 aliphatic heterocycles. The van der Waals surface area contributed by atoms with Crippen LogP contribution < -0.4 is 0 Å². The van der Waals surface area contributed by atoms with Gasteiger partial charge in [0.1, 0.15) is 0 Å². The second-order valence-electron chi connectivity index (χ2n) is 5.55. The number of likely N-dealkylation sites (tertiary alicyclic amines) is 1. The molecule has 1 aromatic heterocycles. The van der Waals surface area contributed by atoms with Gasteiger partial charge in [-0.3, -0.25) is 4.90 Å². The van der Waals surface area contributed by atoms with Gasteiger partial charge in [0.05, 0.1) is 6.20 Å². The van der Waals surface area contributed by atoms with Gasteiger partial charge < -0.3 is 0 Å². The Morgan fingerprint density at radius 2 is 2.06 bits per heavy atom. The number of aromatic nitrogens is 2. The Labute approximate surface area is 97.9 Å². The molecule has 0 unspecified atom stereocenters. The van der Waals surface area contributed by atoms with Crippen molar-refractivity contribution in [1.29, 1.82) is 0 Å². The van der Waals surface area contributed by atoms with Gasteiger partial charge in [-0.25, -0.2) is 0 Å². The summed E-state index contributed by atoms with van der Waals surface area (Å²) in [5, 5.41) is 7.86. The third kappa shape index (κ3) is 2.40. The molecule has 2 heterocycles. The molecule has 0 N–H and O–H groups in total. The summed E-state index contributed by atoms with van der Waals surface area (Å²) >= 11 is 0. The highest BCUT2D eigenvalue weighted by Gasteiger charge is 2.31. The predicted octanol–water partition coefficient (Wildman–Crippen LogP) is 2.80. The van der Waals surface area contributed by atoms with Gasteiger partial charge in [-0.2, -0.15) is 10.2 Å². The second-order valence-corrected chi connectivity index (χ2v) is 5.55. The van der Waals surface area contributed by atoms with E-state index >= 15 is 0 Å². The molecule has 1 atom stereocenters. The van der Waals surface area contributed by atoms with Crippen molar-refractivity contribution >= 4 is 0 Å². The Morgan fingerprint density at radius 1 is 1.25 bits per heavy atom. The molecule has 2 rings (SSSR count). The van der Waals surface area contributed by atoms with Crippen molar-refractivity contribution in [2.24, 2.45) is 0 Å². The highest BCUT2D eigenvalue weighted by molar-refractivity contribution is 5.13. The lowest BCUT2D eigenvalue weighted by Crippen LogP contribution is -2.46. The molecule has 3 heteroatoms. The molecule has 0 saturated carbocycles. The molecule has 16 heavy (non-hydrogen) atoms. The summed E-state index contributed by atoms with van der Waals surface area (Å²) in [6.07, 6.45) is 7.58. The Bertz CT molecular complexity index is 329. The number of nitrogens with zero attached hydrogens (tertiary/aromatic N) is 3. The molecule has 3 nitrogen and oxygen atoms in total. The van der Waals surface area contributed by atoms with Crippen LogP contribution in [0.3, 0.4) is 0 Å². The third-order valence-electron chi connectivity index (χ3n) is 3.36. The van der Waals surface area contributed by atoms with Gasteiger partial charge in [0.2, 0.25) is 0 Å². The zero-order chi connectivity index (χ0) is 11.6. The normalized spacial score (nSPS) is 23.3. The zero-order valence-electron chi connectivity index (χ0n) is 10.5. The predicted molar refractivity (Wildman–Crippen MR) is 65.1 cm³/mol. The minimum Gasteiger partial charge on any atom is -0.291 e. The molecule has 0 radical (unpaired) electrons.